The number of pyridine rings is 2. The summed E-state index contributed by atoms with van der Waals surface area (Å²) in [5, 5.41) is 4.50. The van der Waals surface area contributed by atoms with Gasteiger partial charge in [0.2, 0.25) is 0 Å². The highest BCUT2D eigenvalue weighted by Crippen LogP contribution is 2.33. The number of rotatable bonds is 5. The van der Waals surface area contributed by atoms with Crippen molar-refractivity contribution in [3.8, 4) is 22.9 Å². The van der Waals surface area contributed by atoms with Crippen LogP contribution in [0.4, 0.5) is 5.69 Å². The molecule has 0 radical (unpaired) electrons. The smallest absolute Gasteiger partial charge is 0.260 e. The lowest BCUT2D eigenvalue weighted by Crippen LogP contribution is -2.23. The number of methoxy groups -OCH3 is 2. The molecule has 160 valence electrons. The van der Waals surface area contributed by atoms with Gasteiger partial charge in [0.05, 0.1) is 55.6 Å². The second-order valence-corrected chi connectivity index (χ2v) is 7.54. The molecule has 2 aliphatic heterocycles. The van der Waals surface area contributed by atoms with Gasteiger partial charge in [-0.1, -0.05) is 0 Å². The minimum Gasteiger partial charge on any atom is -0.491 e. The van der Waals surface area contributed by atoms with Crippen LogP contribution in [0.15, 0.2) is 36.8 Å². The van der Waals surface area contributed by atoms with Gasteiger partial charge in [-0.25, -0.2) is 4.98 Å². The van der Waals surface area contributed by atoms with Crippen molar-refractivity contribution in [1.82, 2.24) is 19.7 Å². The van der Waals surface area contributed by atoms with Crippen LogP contribution in [0.3, 0.4) is 0 Å². The molecule has 1 saturated heterocycles. The lowest BCUT2D eigenvalue weighted by atomic mass is 10.1. The van der Waals surface area contributed by atoms with Gasteiger partial charge in [-0.15, -0.1) is 0 Å². The molecule has 5 heterocycles. The van der Waals surface area contributed by atoms with E-state index in [1.165, 1.54) is 0 Å². The third-order valence-electron chi connectivity index (χ3n) is 5.75. The molecule has 9 nitrogen and oxygen atoms in total. The highest BCUT2D eigenvalue weighted by atomic mass is 16.5. The lowest BCUT2D eigenvalue weighted by molar-refractivity contribution is 0.0662. The highest BCUT2D eigenvalue weighted by Gasteiger charge is 2.31. The minimum absolute atomic E-state index is 0.0639. The number of hydrogen-bond acceptors (Lipinski definition) is 7. The van der Waals surface area contributed by atoms with E-state index in [1.54, 1.807) is 31.5 Å². The van der Waals surface area contributed by atoms with E-state index in [2.05, 4.69) is 10.1 Å². The van der Waals surface area contributed by atoms with Gasteiger partial charge in [0.1, 0.15) is 0 Å². The Morgan fingerprint density at radius 1 is 1.13 bits per heavy atom. The Morgan fingerprint density at radius 3 is 2.74 bits per heavy atom. The molecule has 2 aliphatic rings. The quantitative estimate of drug-likeness (QED) is 0.625. The topological polar surface area (TPSA) is 91.6 Å². The summed E-state index contributed by atoms with van der Waals surface area (Å²) in [7, 11) is 3.11. The van der Waals surface area contributed by atoms with Crippen molar-refractivity contribution in [1.29, 1.82) is 0 Å². The molecule has 0 atom stereocenters. The van der Waals surface area contributed by atoms with Crippen molar-refractivity contribution in [2.24, 2.45) is 0 Å². The van der Waals surface area contributed by atoms with Gasteiger partial charge in [0.25, 0.3) is 11.8 Å². The fourth-order valence-electron chi connectivity index (χ4n) is 4.04. The SMILES string of the molecule is COc1cc(-c2ccc3c(n2)CN(c2cnn(C4CCOCC4)c2)C3=O)cnc1OC. The molecule has 31 heavy (non-hydrogen) atoms. The Balaban J connectivity index is 1.40. The monoisotopic (exact) mass is 421 g/mol. The van der Waals surface area contributed by atoms with Gasteiger partial charge in [0, 0.05) is 31.2 Å². The summed E-state index contributed by atoms with van der Waals surface area (Å²) in [5.74, 6) is 0.877. The molecule has 1 amide bonds. The standard InChI is InChI=1S/C22H23N5O4/c1-29-20-9-14(10-23-21(20)30-2)18-4-3-17-19(25-18)13-26(22(17)28)16-11-24-27(12-16)15-5-7-31-8-6-15/h3-4,9-12,15H,5-8,13H2,1-2H3. The molecule has 1 fully saturated rings. The Morgan fingerprint density at radius 2 is 1.97 bits per heavy atom. The Hall–Kier alpha value is -3.46. The molecule has 5 rings (SSSR count). The van der Waals surface area contributed by atoms with Crippen molar-refractivity contribution >= 4 is 11.6 Å². The van der Waals surface area contributed by atoms with Crippen molar-refractivity contribution in [2.45, 2.75) is 25.4 Å². The number of hydrogen-bond donors (Lipinski definition) is 0. The van der Waals surface area contributed by atoms with Gasteiger partial charge < -0.3 is 14.2 Å². The molecule has 3 aromatic rings. The van der Waals surface area contributed by atoms with Gasteiger partial charge in [-0.2, -0.15) is 5.10 Å². The van der Waals surface area contributed by atoms with E-state index in [0.717, 1.165) is 48.7 Å². The van der Waals surface area contributed by atoms with Gasteiger partial charge in [-0.3, -0.25) is 19.4 Å². The number of ether oxygens (including phenoxy) is 3. The maximum absolute atomic E-state index is 13.0. The summed E-state index contributed by atoms with van der Waals surface area (Å²) >= 11 is 0. The van der Waals surface area contributed by atoms with Crippen LogP contribution in [-0.2, 0) is 11.3 Å². The van der Waals surface area contributed by atoms with Crippen molar-refractivity contribution in [3.05, 3.63) is 48.0 Å². The van der Waals surface area contributed by atoms with Crippen LogP contribution in [0.1, 0.15) is 34.9 Å². The molecule has 0 bridgehead atoms. The van der Waals surface area contributed by atoms with Crippen molar-refractivity contribution in [3.63, 3.8) is 0 Å². The average Bonchev–Trinajstić information content (AvgIpc) is 3.44. The van der Waals surface area contributed by atoms with Gasteiger partial charge >= 0.3 is 0 Å². The predicted octanol–water partition coefficient (Wildman–Crippen LogP) is 2.87. The van der Waals surface area contributed by atoms with E-state index in [9.17, 15) is 4.79 Å². The van der Waals surface area contributed by atoms with Crippen LogP contribution in [0.2, 0.25) is 0 Å². The van der Waals surface area contributed by atoms with E-state index in [-0.39, 0.29) is 5.91 Å². The van der Waals surface area contributed by atoms with Crippen LogP contribution in [0.25, 0.3) is 11.3 Å². The van der Waals surface area contributed by atoms with E-state index in [4.69, 9.17) is 19.2 Å². The number of anilines is 1. The number of fused-ring (bicyclic) bond motifs is 1. The second-order valence-electron chi connectivity index (χ2n) is 7.54. The zero-order valence-corrected chi connectivity index (χ0v) is 17.4. The first-order valence-electron chi connectivity index (χ1n) is 10.2. The zero-order valence-electron chi connectivity index (χ0n) is 17.4. The molecular weight excluding hydrogens is 398 g/mol. The number of amides is 1. The average molecular weight is 421 g/mol. The maximum atomic E-state index is 13.0. The van der Waals surface area contributed by atoms with E-state index in [0.29, 0.717) is 29.8 Å². The lowest BCUT2D eigenvalue weighted by Gasteiger charge is -2.22. The summed E-state index contributed by atoms with van der Waals surface area (Å²) in [6.07, 6.45) is 7.24. The summed E-state index contributed by atoms with van der Waals surface area (Å²) in [6, 6.07) is 5.78. The van der Waals surface area contributed by atoms with Crippen LogP contribution in [-0.4, -0.2) is 53.1 Å². The Bertz CT molecular complexity index is 1120. The highest BCUT2D eigenvalue weighted by molar-refractivity contribution is 6.09. The summed E-state index contributed by atoms with van der Waals surface area (Å²) in [4.78, 5) is 23.7. The zero-order chi connectivity index (χ0) is 21.4. The molecule has 0 saturated carbocycles. The van der Waals surface area contributed by atoms with Gasteiger partial charge in [0.15, 0.2) is 5.75 Å². The fraction of sp³-hybridized carbons (Fsp3) is 0.364. The first-order valence-corrected chi connectivity index (χ1v) is 10.2. The van der Waals surface area contributed by atoms with Crippen LogP contribution < -0.4 is 14.4 Å². The number of aromatic nitrogens is 4. The molecule has 9 heteroatoms. The summed E-state index contributed by atoms with van der Waals surface area (Å²) in [5.41, 5.74) is 3.63. The first kappa shape index (κ1) is 19.5. The minimum atomic E-state index is -0.0639. The maximum Gasteiger partial charge on any atom is 0.260 e. The number of nitrogens with zero attached hydrogens (tertiary/aromatic N) is 5. The molecule has 0 N–H and O–H groups in total. The first-order chi connectivity index (χ1) is 15.2. The van der Waals surface area contributed by atoms with Crippen LogP contribution in [0.5, 0.6) is 11.6 Å². The third kappa shape index (κ3) is 3.50. The van der Waals surface area contributed by atoms with E-state index >= 15 is 0 Å². The van der Waals surface area contributed by atoms with E-state index < -0.39 is 0 Å². The molecule has 3 aromatic heterocycles. The summed E-state index contributed by atoms with van der Waals surface area (Å²) < 4.78 is 17.9. The largest absolute Gasteiger partial charge is 0.491 e. The third-order valence-corrected chi connectivity index (χ3v) is 5.75. The molecule has 0 aromatic carbocycles. The molecular formula is C22H23N5O4. The van der Waals surface area contributed by atoms with Crippen molar-refractivity contribution < 1.29 is 19.0 Å². The fourth-order valence-corrected chi connectivity index (χ4v) is 4.04. The Labute approximate surface area is 179 Å². The van der Waals surface area contributed by atoms with Gasteiger partial charge in [-0.05, 0) is 31.0 Å². The van der Waals surface area contributed by atoms with Crippen molar-refractivity contribution in [2.75, 3.05) is 32.3 Å². The number of carbonyl (C=O) groups excluding carboxylic acids is 1. The second kappa shape index (κ2) is 7.99. The summed E-state index contributed by atoms with van der Waals surface area (Å²) in [6.45, 7) is 1.89. The molecule has 0 aliphatic carbocycles. The number of carbonyl (C=O) groups is 1. The predicted molar refractivity (Wildman–Crippen MR) is 112 cm³/mol. The molecule has 0 spiro atoms. The normalized spacial score (nSPS) is 16.5. The van der Waals surface area contributed by atoms with E-state index in [1.807, 2.05) is 29.1 Å². The van der Waals surface area contributed by atoms with Crippen LogP contribution in [0, 0.1) is 0 Å². The van der Waals surface area contributed by atoms with Crippen LogP contribution >= 0.6 is 0 Å². The Kier molecular flexibility index (Phi) is 5.03. The molecule has 0 unspecified atom stereocenters.